The van der Waals surface area contributed by atoms with Crippen LogP contribution in [0.5, 0.6) is 0 Å². The standard InChI is InChI=1S/C11H9F3N6O3/c1-6-4-15-9(23-6)7-8-17-18-20(2-3-22-11(12,13)14)10(21)19(8)5-16-7/h4-5H,2-3H2,1H3. The van der Waals surface area contributed by atoms with Gasteiger partial charge in [0.25, 0.3) is 0 Å². The first-order chi connectivity index (χ1) is 10.8. The summed E-state index contributed by atoms with van der Waals surface area (Å²) in [5.74, 6) is 0.712. The third-order valence-electron chi connectivity index (χ3n) is 2.81. The van der Waals surface area contributed by atoms with Crippen LogP contribution in [-0.4, -0.2) is 42.3 Å². The molecule has 122 valence electrons. The van der Waals surface area contributed by atoms with Gasteiger partial charge in [-0.3, -0.25) is 4.74 Å². The van der Waals surface area contributed by atoms with E-state index in [1.165, 1.54) is 12.5 Å². The SMILES string of the molecule is Cc1cnc(-c2ncn3c(=O)n(CCOC(F)(F)F)nnc23)o1. The van der Waals surface area contributed by atoms with Gasteiger partial charge in [-0.15, -0.1) is 18.3 Å². The number of ether oxygens (including phenoxy) is 1. The maximum Gasteiger partial charge on any atom is 0.522 e. The Bertz CT molecular complexity index is 896. The smallest absolute Gasteiger partial charge is 0.440 e. The molecule has 0 saturated carbocycles. The Balaban J connectivity index is 1.90. The van der Waals surface area contributed by atoms with Crippen LogP contribution in [0.15, 0.2) is 21.7 Å². The fourth-order valence-electron chi connectivity index (χ4n) is 1.84. The number of rotatable bonds is 4. The zero-order valence-electron chi connectivity index (χ0n) is 11.6. The van der Waals surface area contributed by atoms with Gasteiger partial charge in [-0.2, -0.15) is 4.68 Å². The van der Waals surface area contributed by atoms with E-state index in [1.54, 1.807) is 6.92 Å². The maximum atomic E-state index is 12.1. The summed E-state index contributed by atoms with van der Waals surface area (Å²) < 4.78 is 46.5. The number of halogens is 3. The summed E-state index contributed by atoms with van der Waals surface area (Å²) in [6.07, 6.45) is -2.13. The molecule has 3 aromatic rings. The van der Waals surface area contributed by atoms with E-state index in [2.05, 4.69) is 25.0 Å². The fourth-order valence-corrected chi connectivity index (χ4v) is 1.84. The van der Waals surface area contributed by atoms with E-state index in [9.17, 15) is 18.0 Å². The fraction of sp³-hybridized carbons (Fsp3) is 0.364. The molecule has 0 atom stereocenters. The van der Waals surface area contributed by atoms with Crippen molar-refractivity contribution in [3.05, 3.63) is 28.8 Å². The van der Waals surface area contributed by atoms with Crippen molar-refractivity contribution >= 4 is 5.65 Å². The molecule has 0 aliphatic carbocycles. The Morgan fingerprint density at radius 2 is 2.13 bits per heavy atom. The molecule has 12 heteroatoms. The average Bonchev–Trinajstić information content (AvgIpc) is 3.06. The molecule has 0 spiro atoms. The van der Waals surface area contributed by atoms with Gasteiger partial charge in [0.05, 0.1) is 19.3 Å². The Labute approximate surface area is 125 Å². The molecule has 3 rings (SSSR count). The zero-order valence-corrected chi connectivity index (χ0v) is 11.6. The molecule has 0 saturated heterocycles. The van der Waals surface area contributed by atoms with Gasteiger partial charge in [0.2, 0.25) is 5.89 Å². The van der Waals surface area contributed by atoms with Gasteiger partial charge in [-0.1, -0.05) is 5.21 Å². The number of imidazole rings is 1. The van der Waals surface area contributed by atoms with E-state index in [-0.39, 0.29) is 17.2 Å². The highest BCUT2D eigenvalue weighted by molar-refractivity contribution is 5.66. The van der Waals surface area contributed by atoms with Gasteiger partial charge in [-0.05, 0) is 6.92 Å². The van der Waals surface area contributed by atoms with Gasteiger partial charge in [0.15, 0.2) is 11.3 Å². The van der Waals surface area contributed by atoms with Gasteiger partial charge in [0, 0.05) is 0 Å². The van der Waals surface area contributed by atoms with Crippen molar-refractivity contribution < 1.29 is 22.3 Å². The lowest BCUT2D eigenvalue weighted by Gasteiger charge is -2.07. The molecular formula is C11H9F3N6O3. The van der Waals surface area contributed by atoms with E-state index in [1.807, 2.05) is 0 Å². The minimum Gasteiger partial charge on any atom is -0.440 e. The summed E-state index contributed by atoms with van der Waals surface area (Å²) in [5, 5.41) is 7.35. The van der Waals surface area contributed by atoms with E-state index < -0.39 is 25.2 Å². The van der Waals surface area contributed by atoms with Crippen molar-refractivity contribution in [3.63, 3.8) is 0 Å². The number of aromatic nitrogens is 6. The summed E-state index contributed by atoms with van der Waals surface area (Å²) in [6.45, 7) is 0.519. The van der Waals surface area contributed by atoms with E-state index in [0.717, 1.165) is 9.08 Å². The van der Waals surface area contributed by atoms with Crippen molar-refractivity contribution in [3.8, 4) is 11.6 Å². The predicted octanol–water partition coefficient (Wildman–Crippen LogP) is 0.786. The van der Waals surface area contributed by atoms with Crippen LogP contribution in [0.25, 0.3) is 17.2 Å². The number of hydrogen-bond acceptors (Lipinski definition) is 7. The first-order valence-corrected chi connectivity index (χ1v) is 6.29. The van der Waals surface area contributed by atoms with Gasteiger partial charge < -0.3 is 4.42 Å². The number of oxazole rings is 1. The van der Waals surface area contributed by atoms with Gasteiger partial charge in [-0.25, -0.2) is 19.2 Å². The normalized spacial score (nSPS) is 12.2. The zero-order chi connectivity index (χ0) is 16.6. The van der Waals surface area contributed by atoms with Crippen LogP contribution >= 0.6 is 0 Å². The molecule has 3 aromatic heterocycles. The minimum absolute atomic E-state index is 0.0878. The molecule has 0 aromatic carbocycles. The lowest BCUT2D eigenvalue weighted by molar-refractivity contribution is -0.325. The van der Waals surface area contributed by atoms with E-state index in [4.69, 9.17) is 4.42 Å². The minimum atomic E-state index is -4.77. The molecule has 0 aliphatic heterocycles. The molecule has 3 heterocycles. The van der Waals surface area contributed by atoms with E-state index in [0.29, 0.717) is 5.76 Å². The third kappa shape index (κ3) is 3.06. The number of nitrogens with zero attached hydrogens (tertiary/aromatic N) is 6. The number of fused-ring (bicyclic) bond motifs is 1. The van der Waals surface area contributed by atoms with Crippen LogP contribution < -0.4 is 5.69 Å². The lowest BCUT2D eigenvalue weighted by Crippen LogP contribution is -2.32. The van der Waals surface area contributed by atoms with Crippen molar-refractivity contribution in [2.24, 2.45) is 0 Å². The molecule has 0 N–H and O–H groups in total. The monoisotopic (exact) mass is 330 g/mol. The molecular weight excluding hydrogens is 321 g/mol. The number of alkyl halides is 3. The average molecular weight is 330 g/mol. The van der Waals surface area contributed by atoms with Crippen molar-refractivity contribution in [2.45, 2.75) is 19.8 Å². The van der Waals surface area contributed by atoms with Crippen LogP contribution in [0.4, 0.5) is 13.2 Å². The van der Waals surface area contributed by atoms with Crippen LogP contribution in [0.2, 0.25) is 0 Å². The third-order valence-corrected chi connectivity index (χ3v) is 2.81. The highest BCUT2D eigenvalue weighted by atomic mass is 19.4. The molecule has 0 fully saturated rings. The summed E-state index contributed by atoms with van der Waals surface area (Å²) >= 11 is 0. The lowest BCUT2D eigenvalue weighted by atomic mass is 10.4. The molecule has 23 heavy (non-hydrogen) atoms. The largest absolute Gasteiger partial charge is 0.522 e. The van der Waals surface area contributed by atoms with Crippen LogP contribution in [0.1, 0.15) is 5.76 Å². The van der Waals surface area contributed by atoms with Gasteiger partial charge in [0.1, 0.15) is 12.1 Å². The molecule has 0 unspecified atom stereocenters. The molecule has 0 aliphatic rings. The van der Waals surface area contributed by atoms with Crippen LogP contribution in [0.3, 0.4) is 0 Å². The topological polar surface area (TPSA) is 100 Å². The first kappa shape index (κ1) is 15.1. The molecule has 9 nitrogen and oxygen atoms in total. The Morgan fingerprint density at radius 1 is 1.35 bits per heavy atom. The molecule has 0 radical (unpaired) electrons. The number of aryl methyl sites for hydroxylation is 1. The summed E-state index contributed by atoms with van der Waals surface area (Å²) in [6, 6.07) is 0. The van der Waals surface area contributed by atoms with Crippen molar-refractivity contribution in [1.82, 2.24) is 29.4 Å². The molecule has 0 bridgehead atoms. The van der Waals surface area contributed by atoms with Gasteiger partial charge >= 0.3 is 12.1 Å². The summed E-state index contributed by atoms with van der Waals surface area (Å²) in [5.41, 5.74) is -0.408. The van der Waals surface area contributed by atoms with Crippen molar-refractivity contribution in [2.75, 3.05) is 6.61 Å². The predicted molar refractivity (Wildman–Crippen MR) is 67.3 cm³/mol. The Hall–Kier alpha value is -2.76. The first-order valence-electron chi connectivity index (χ1n) is 6.29. The Kier molecular flexibility index (Phi) is 3.60. The highest BCUT2D eigenvalue weighted by Crippen LogP contribution is 2.19. The second kappa shape index (κ2) is 5.46. The summed E-state index contributed by atoms with van der Waals surface area (Å²) in [4.78, 5) is 20.1. The van der Waals surface area contributed by atoms with Crippen LogP contribution in [0, 0.1) is 6.92 Å². The Morgan fingerprint density at radius 3 is 2.78 bits per heavy atom. The summed E-state index contributed by atoms with van der Waals surface area (Å²) in [7, 11) is 0. The second-order valence-corrected chi connectivity index (χ2v) is 4.45. The van der Waals surface area contributed by atoms with Crippen molar-refractivity contribution in [1.29, 1.82) is 0 Å². The van der Waals surface area contributed by atoms with Crippen LogP contribution in [-0.2, 0) is 11.3 Å². The highest BCUT2D eigenvalue weighted by Gasteiger charge is 2.28. The maximum absolute atomic E-state index is 12.1. The second-order valence-electron chi connectivity index (χ2n) is 4.45. The van der Waals surface area contributed by atoms with E-state index >= 15 is 0 Å². The molecule has 0 amide bonds. The number of hydrogen-bond donors (Lipinski definition) is 0. The quantitative estimate of drug-likeness (QED) is 0.697.